The molecule has 0 bridgehead atoms. The molecule has 9 heteroatoms. The van der Waals surface area contributed by atoms with Gasteiger partial charge in [0.1, 0.15) is 22.7 Å². The second-order valence-electron chi connectivity index (χ2n) is 5.95. The minimum absolute atomic E-state index is 0.196. The summed E-state index contributed by atoms with van der Waals surface area (Å²) < 4.78 is 5.09. The maximum atomic E-state index is 12.1. The zero-order valence-electron chi connectivity index (χ0n) is 12.5. The van der Waals surface area contributed by atoms with Crippen molar-refractivity contribution in [2.24, 2.45) is 0 Å². The molecule has 2 amide bonds. The van der Waals surface area contributed by atoms with Crippen molar-refractivity contribution in [3.63, 3.8) is 0 Å². The Hall–Kier alpha value is -1.74. The molecular formula is C13H18N2O6S. The summed E-state index contributed by atoms with van der Waals surface area (Å²) in [6.45, 7) is 4.69. The topological polar surface area (TPSA) is 116 Å². The number of hydrogen-bond donors (Lipinski definition) is 3. The molecule has 0 aromatic heterocycles. The van der Waals surface area contributed by atoms with E-state index in [1.807, 2.05) is 0 Å². The fourth-order valence-electron chi connectivity index (χ4n) is 2.24. The minimum atomic E-state index is -1.27. The van der Waals surface area contributed by atoms with Crippen molar-refractivity contribution in [1.29, 1.82) is 0 Å². The Labute approximate surface area is 131 Å². The third-order valence-corrected chi connectivity index (χ3v) is 4.45. The number of carboxylic acids is 1. The van der Waals surface area contributed by atoms with Crippen molar-refractivity contribution in [3.8, 4) is 0 Å². The highest BCUT2D eigenvalue weighted by Crippen LogP contribution is 2.40. The van der Waals surface area contributed by atoms with Gasteiger partial charge >= 0.3 is 12.1 Å². The van der Waals surface area contributed by atoms with E-state index in [2.05, 4.69) is 5.32 Å². The molecule has 0 spiro atoms. The molecule has 22 heavy (non-hydrogen) atoms. The van der Waals surface area contributed by atoms with Crippen LogP contribution in [0.15, 0.2) is 11.3 Å². The molecule has 2 rings (SSSR count). The number of alkyl carbamates (subject to hydrolysis) is 1. The van der Waals surface area contributed by atoms with Gasteiger partial charge in [-0.2, -0.15) is 0 Å². The highest BCUT2D eigenvalue weighted by molar-refractivity contribution is 8.00. The molecule has 0 aromatic rings. The third-order valence-electron chi connectivity index (χ3n) is 3.11. The molecule has 122 valence electrons. The summed E-state index contributed by atoms with van der Waals surface area (Å²) in [5.41, 5.74) is -0.594. The molecule has 0 radical (unpaired) electrons. The number of rotatable bonds is 3. The number of thioether (sulfide) groups is 1. The van der Waals surface area contributed by atoms with Crippen LogP contribution in [0.3, 0.4) is 0 Å². The Bertz CT molecular complexity index is 553. The molecule has 0 aromatic carbocycles. The third kappa shape index (κ3) is 3.05. The number of aliphatic hydroxyl groups excluding tert-OH is 1. The van der Waals surface area contributed by atoms with E-state index >= 15 is 0 Å². The molecule has 0 unspecified atom stereocenters. The van der Waals surface area contributed by atoms with Gasteiger partial charge in [0.25, 0.3) is 5.91 Å². The Balaban J connectivity index is 2.10. The summed E-state index contributed by atoms with van der Waals surface area (Å²) in [4.78, 5) is 36.3. The monoisotopic (exact) mass is 330 g/mol. The Morgan fingerprint density at radius 3 is 2.59 bits per heavy atom. The lowest BCUT2D eigenvalue weighted by molar-refractivity contribution is -0.149. The number of carboxylic acid groups (broad SMARTS) is 1. The Kier molecular flexibility index (Phi) is 4.39. The summed E-state index contributed by atoms with van der Waals surface area (Å²) in [5.74, 6) is -1.50. The number of carbonyl (C=O) groups is 3. The fourth-order valence-corrected chi connectivity index (χ4v) is 3.57. The largest absolute Gasteiger partial charge is 0.477 e. The second-order valence-corrected chi connectivity index (χ2v) is 7.05. The van der Waals surface area contributed by atoms with Crippen LogP contribution in [-0.4, -0.2) is 62.5 Å². The summed E-state index contributed by atoms with van der Waals surface area (Å²) >= 11 is 1.29. The van der Waals surface area contributed by atoms with Crippen molar-refractivity contribution < 1.29 is 29.3 Å². The Morgan fingerprint density at radius 2 is 2.09 bits per heavy atom. The van der Waals surface area contributed by atoms with Crippen molar-refractivity contribution in [1.82, 2.24) is 10.2 Å². The summed E-state index contributed by atoms with van der Waals surface area (Å²) in [5, 5.41) is 20.4. The quantitative estimate of drug-likeness (QED) is 0.630. The van der Waals surface area contributed by atoms with Gasteiger partial charge in [-0.3, -0.25) is 9.69 Å². The standard InChI is InChI=1S/C13H18N2O6S/c1-13(2,3)21-12(20)14-7-9(17)15-8(11(18)19)6(4-16)5-22-10(7)15/h7,10,16H,4-5H2,1-3H3,(H,14,20)(H,18,19)/t7-,10+/m1/s1. The average Bonchev–Trinajstić information content (AvgIpc) is 2.40. The molecule has 2 atom stereocenters. The first-order valence-electron chi connectivity index (χ1n) is 6.66. The van der Waals surface area contributed by atoms with Crippen LogP contribution in [0.4, 0.5) is 4.79 Å². The van der Waals surface area contributed by atoms with Crippen molar-refractivity contribution in [2.75, 3.05) is 12.4 Å². The van der Waals surface area contributed by atoms with Crippen molar-refractivity contribution in [2.45, 2.75) is 37.8 Å². The SMILES string of the molecule is CC(C)(C)OC(=O)N[C@@H]1C(=O)N2C(C(=O)O)=C(CO)CS[C@@H]12. The van der Waals surface area contributed by atoms with Crippen LogP contribution in [0.2, 0.25) is 0 Å². The number of aliphatic carboxylic acids is 1. The number of fused-ring (bicyclic) bond motifs is 1. The highest BCUT2D eigenvalue weighted by atomic mass is 32.2. The van der Waals surface area contributed by atoms with Gasteiger partial charge in [-0.05, 0) is 26.3 Å². The predicted molar refractivity (Wildman–Crippen MR) is 78.0 cm³/mol. The van der Waals surface area contributed by atoms with Gasteiger partial charge in [0.05, 0.1) is 6.61 Å². The van der Waals surface area contributed by atoms with Crippen molar-refractivity contribution >= 4 is 29.7 Å². The van der Waals surface area contributed by atoms with Crippen LogP contribution in [0.5, 0.6) is 0 Å². The van der Waals surface area contributed by atoms with E-state index in [0.717, 1.165) is 4.90 Å². The van der Waals surface area contributed by atoms with Gasteiger partial charge in [-0.25, -0.2) is 9.59 Å². The van der Waals surface area contributed by atoms with Crippen LogP contribution in [0.25, 0.3) is 0 Å². The fraction of sp³-hybridized carbons (Fsp3) is 0.615. The van der Waals surface area contributed by atoms with Crippen LogP contribution in [0, 0.1) is 0 Å². The first kappa shape index (κ1) is 16.6. The van der Waals surface area contributed by atoms with E-state index in [9.17, 15) is 24.6 Å². The van der Waals surface area contributed by atoms with E-state index in [-0.39, 0.29) is 11.3 Å². The number of amides is 2. The number of β-lactam (4-membered cyclic amide) rings is 1. The molecule has 2 aliphatic rings. The molecule has 1 saturated heterocycles. The summed E-state index contributed by atoms with van der Waals surface area (Å²) in [6.07, 6.45) is -0.722. The number of hydrogen-bond acceptors (Lipinski definition) is 6. The lowest BCUT2D eigenvalue weighted by Gasteiger charge is -2.49. The first-order chi connectivity index (χ1) is 10.2. The number of ether oxygens (including phenoxy) is 1. The van der Waals surface area contributed by atoms with E-state index in [4.69, 9.17) is 4.74 Å². The summed E-state index contributed by atoms with van der Waals surface area (Å²) in [6, 6.07) is -0.825. The highest BCUT2D eigenvalue weighted by Gasteiger charge is 2.54. The second kappa shape index (κ2) is 5.81. The minimum Gasteiger partial charge on any atom is -0.477 e. The molecule has 0 saturated carbocycles. The molecule has 2 aliphatic heterocycles. The molecule has 0 aliphatic carbocycles. The molecule has 1 fully saturated rings. The molecule has 3 N–H and O–H groups in total. The van der Waals surface area contributed by atoms with Crippen LogP contribution < -0.4 is 5.32 Å². The van der Waals surface area contributed by atoms with Crippen LogP contribution in [0.1, 0.15) is 20.8 Å². The lowest BCUT2D eigenvalue weighted by Crippen LogP contribution is -2.70. The number of aliphatic hydroxyl groups is 1. The van der Waals surface area contributed by atoms with Gasteiger partial charge in [-0.1, -0.05) is 0 Å². The summed E-state index contributed by atoms with van der Waals surface area (Å²) in [7, 11) is 0. The zero-order valence-corrected chi connectivity index (χ0v) is 13.3. The van der Waals surface area contributed by atoms with Crippen LogP contribution in [-0.2, 0) is 14.3 Å². The zero-order chi connectivity index (χ0) is 16.7. The Morgan fingerprint density at radius 1 is 1.45 bits per heavy atom. The van der Waals surface area contributed by atoms with E-state index in [0.29, 0.717) is 5.75 Å². The van der Waals surface area contributed by atoms with E-state index in [1.54, 1.807) is 20.8 Å². The van der Waals surface area contributed by atoms with Gasteiger partial charge in [0.2, 0.25) is 0 Å². The maximum absolute atomic E-state index is 12.1. The van der Waals surface area contributed by atoms with Gasteiger partial charge in [-0.15, -0.1) is 11.8 Å². The molecule has 2 heterocycles. The van der Waals surface area contributed by atoms with Crippen molar-refractivity contribution in [3.05, 3.63) is 11.3 Å². The normalized spacial score (nSPS) is 24.5. The predicted octanol–water partition coefficient (Wildman–Crippen LogP) is 0.126. The number of nitrogens with zero attached hydrogens (tertiary/aromatic N) is 1. The smallest absolute Gasteiger partial charge is 0.408 e. The van der Waals surface area contributed by atoms with E-state index in [1.165, 1.54) is 11.8 Å². The molecular weight excluding hydrogens is 312 g/mol. The number of carbonyl (C=O) groups excluding carboxylic acids is 2. The number of nitrogens with one attached hydrogen (secondary N) is 1. The molecule has 8 nitrogen and oxygen atoms in total. The van der Waals surface area contributed by atoms with Gasteiger partial charge in [0.15, 0.2) is 0 Å². The van der Waals surface area contributed by atoms with Gasteiger partial charge < -0.3 is 20.3 Å². The average molecular weight is 330 g/mol. The maximum Gasteiger partial charge on any atom is 0.408 e. The van der Waals surface area contributed by atoms with Crippen LogP contribution >= 0.6 is 11.8 Å². The lowest BCUT2D eigenvalue weighted by atomic mass is 10.0. The van der Waals surface area contributed by atoms with E-state index < -0.39 is 41.6 Å². The van der Waals surface area contributed by atoms with Gasteiger partial charge in [0, 0.05) is 5.75 Å². The first-order valence-corrected chi connectivity index (χ1v) is 7.71.